The largest absolute Gasteiger partial charge is 0.397 e. The van der Waals surface area contributed by atoms with E-state index in [1.165, 1.54) is 0 Å². The van der Waals surface area contributed by atoms with Gasteiger partial charge in [0.2, 0.25) is 0 Å². The van der Waals surface area contributed by atoms with Crippen molar-refractivity contribution in [1.29, 1.82) is 0 Å². The lowest BCUT2D eigenvalue weighted by molar-refractivity contribution is 0.102. The number of nitrogens with two attached hydrogens (primary N) is 1. The summed E-state index contributed by atoms with van der Waals surface area (Å²) in [5, 5.41) is 2.83. The first kappa shape index (κ1) is 16.3. The van der Waals surface area contributed by atoms with Gasteiger partial charge >= 0.3 is 0 Å². The number of hydrogen-bond acceptors (Lipinski definition) is 2. The fourth-order valence-corrected chi connectivity index (χ4v) is 3.85. The van der Waals surface area contributed by atoms with Crippen LogP contribution in [0.15, 0.2) is 43.7 Å². The van der Waals surface area contributed by atoms with Crippen LogP contribution in [0, 0.1) is 3.57 Å². The van der Waals surface area contributed by atoms with Crippen LogP contribution in [0.3, 0.4) is 0 Å². The van der Waals surface area contributed by atoms with Gasteiger partial charge in [-0.1, -0.05) is 15.9 Å². The van der Waals surface area contributed by atoms with Crippen molar-refractivity contribution in [2.45, 2.75) is 0 Å². The minimum Gasteiger partial charge on any atom is -0.397 e. The number of carbonyl (C=O) groups is 1. The number of rotatable bonds is 2. The van der Waals surface area contributed by atoms with E-state index in [0.717, 1.165) is 17.0 Å². The molecular formula is C13H8Br3IN2O. The molecule has 2 aromatic rings. The number of benzene rings is 2. The highest BCUT2D eigenvalue weighted by molar-refractivity contribution is 14.1. The minimum atomic E-state index is -0.217. The van der Waals surface area contributed by atoms with Gasteiger partial charge in [-0.25, -0.2) is 0 Å². The van der Waals surface area contributed by atoms with Gasteiger partial charge in [-0.15, -0.1) is 0 Å². The Labute approximate surface area is 155 Å². The molecule has 0 aliphatic heterocycles. The Morgan fingerprint density at radius 2 is 1.80 bits per heavy atom. The highest BCUT2D eigenvalue weighted by atomic mass is 127. The van der Waals surface area contributed by atoms with Crippen LogP contribution < -0.4 is 11.1 Å². The van der Waals surface area contributed by atoms with Crippen LogP contribution in [-0.4, -0.2) is 5.91 Å². The average molecular weight is 575 g/mol. The molecule has 3 N–H and O–H groups in total. The number of halogens is 4. The summed E-state index contributed by atoms with van der Waals surface area (Å²) in [4.78, 5) is 12.3. The van der Waals surface area contributed by atoms with E-state index < -0.39 is 0 Å². The molecule has 0 bridgehead atoms. The number of nitrogen functional groups attached to an aromatic ring is 1. The SMILES string of the molecule is Nc1cc(Br)cc(Br)c1NC(=O)c1cc(I)ccc1Br. The predicted molar refractivity (Wildman–Crippen MR) is 101 cm³/mol. The smallest absolute Gasteiger partial charge is 0.256 e. The number of amides is 1. The van der Waals surface area contributed by atoms with Crippen LogP contribution in [0.25, 0.3) is 0 Å². The van der Waals surface area contributed by atoms with Crippen LogP contribution in [0.4, 0.5) is 11.4 Å². The van der Waals surface area contributed by atoms with Crippen molar-refractivity contribution in [2.24, 2.45) is 0 Å². The van der Waals surface area contributed by atoms with Crippen molar-refractivity contribution in [1.82, 2.24) is 0 Å². The Balaban J connectivity index is 2.35. The summed E-state index contributed by atoms with van der Waals surface area (Å²) >= 11 is 12.3. The Bertz CT molecular complexity index is 668. The van der Waals surface area contributed by atoms with Gasteiger partial charge < -0.3 is 11.1 Å². The standard InChI is InChI=1S/C13H8Br3IN2O/c14-6-3-10(16)12(11(18)4-6)19-13(20)8-5-7(17)1-2-9(8)15/h1-5H,18H2,(H,19,20). The Hall–Kier alpha value is -0.120. The Morgan fingerprint density at radius 3 is 2.45 bits per heavy atom. The minimum absolute atomic E-state index is 0.217. The zero-order chi connectivity index (χ0) is 14.9. The molecule has 0 atom stereocenters. The molecule has 0 fully saturated rings. The molecule has 0 unspecified atom stereocenters. The summed E-state index contributed by atoms with van der Waals surface area (Å²) in [5.41, 5.74) is 7.54. The van der Waals surface area contributed by atoms with Gasteiger partial charge in [0.25, 0.3) is 5.91 Å². The number of nitrogens with one attached hydrogen (secondary N) is 1. The molecule has 2 aromatic carbocycles. The van der Waals surface area contributed by atoms with Gasteiger partial charge in [0.15, 0.2) is 0 Å². The van der Waals surface area contributed by atoms with Crippen LogP contribution >= 0.6 is 70.4 Å². The molecular weight excluding hydrogens is 567 g/mol. The average Bonchev–Trinajstić information content (AvgIpc) is 2.36. The second-order valence-corrected chi connectivity index (χ2v) is 7.80. The van der Waals surface area contributed by atoms with Crippen LogP contribution in [-0.2, 0) is 0 Å². The highest BCUT2D eigenvalue weighted by Gasteiger charge is 2.14. The monoisotopic (exact) mass is 572 g/mol. The molecule has 0 saturated heterocycles. The van der Waals surface area contributed by atoms with Crippen molar-refractivity contribution in [3.8, 4) is 0 Å². The zero-order valence-electron chi connectivity index (χ0n) is 9.88. The van der Waals surface area contributed by atoms with Gasteiger partial charge in [0, 0.05) is 17.0 Å². The van der Waals surface area contributed by atoms with Gasteiger partial charge in [0.1, 0.15) is 0 Å². The predicted octanol–water partition coefficient (Wildman–Crippen LogP) is 5.41. The molecule has 0 aliphatic rings. The van der Waals surface area contributed by atoms with Crippen LogP contribution in [0.5, 0.6) is 0 Å². The van der Waals surface area contributed by atoms with E-state index in [1.54, 1.807) is 6.07 Å². The van der Waals surface area contributed by atoms with E-state index in [2.05, 4.69) is 75.7 Å². The molecule has 104 valence electrons. The molecule has 0 saturated carbocycles. The molecule has 20 heavy (non-hydrogen) atoms. The highest BCUT2D eigenvalue weighted by Crippen LogP contribution is 2.33. The second-order valence-electron chi connectivity index (χ2n) is 3.93. The molecule has 0 aromatic heterocycles. The van der Waals surface area contributed by atoms with Crippen LogP contribution in [0.1, 0.15) is 10.4 Å². The third-order valence-electron chi connectivity index (χ3n) is 2.50. The third-order valence-corrected chi connectivity index (χ3v) is 4.94. The van der Waals surface area contributed by atoms with Gasteiger partial charge in [-0.2, -0.15) is 0 Å². The van der Waals surface area contributed by atoms with Gasteiger partial charge in [0.05, 0.1) is 16.9 Å². The number of carbonyl (C=O) groups excluding carboxylic acids is 1. The number of anilines is 2. The molecule has 3 nitrogen and oxygen atoms in total. The topological polar surface area (TPSA) is 55.1 Å². The van der Waals surface area contributed by atoms with Gasteiger partial charge in [-0.05, 0) is 84.8 Å². The Morgan fingerprint density at radius 1 is 1.10 bits per heavy atom. The summed E-state index contributed by atoms with van der Waals surface area (Å²) in [6, 6.07) is 9.14. The zero-order valence-corrected chi connectivity index (χ0v) is 16.8. The second kappa shape index (κ2) is 6.76. The third kappa shape index (κ3) is 3.75. The maximum absolute atomic E-state index is 12.3. The lowest BCUT2D eigenvalue weighted by atomic mass is 10.2. The summed E-state index contributed by atoms with van der Waals surface area (Å²) < 4.78 is 3.29. The summed E-state index contributed by atoms with van der Waals surface area (Å²) in [6.07, 6.45) is 0. The molecule has 0 spiro atoms. The molecule has 2 rings (SSSR count). The molecule has 7 heteroatoms. The van der Waals surface area contributed by atoms with E-state index in [0.29, 0.717) is 16.9 Å². The summed E-state index contributed by atoms with van der Waals surface area (Å²) in [6.45, 7) is 0. The maximum atomic E-state index is 12.3. The molecule has 0 radical (unpaired) electrons. The quantitative estimate of drug-likeness (QED) is 0.372. The van der Waals surface area contributed by atoms with Gasteiger partial charge in [-0.3, -0.25) is 4.79 Å². The summed E-state index contributed by atoms with van der Waals surface area (Å²) in [5.74, 6) is -0.217. The molecule has 1 amide bonds. The van der Waals surface area contributed by atoms with Crippen molar-refractivity contribution in [3.63, 3.8) is 0 Å². The Kier molecular flexibility index (Phi) is 5.49. The van der Waals surface area contributed by atoms with E-state index in [9.17, 15) is 4.79 Å². The van der Waals surface area contributed by atoms with E-state index >= 15 is 0 Å². The van der Waals surface area contributed by atoms with Crippen molar-refractivity contribution < 1.29 is 4.79 Å². The van der Waals surface area contributed by atoms with E-state index in [-0.39, 0.29) is 5.91 Å². The first-order valence-electron chi connectivity index (χ1n) is 5.39. The first-order chi connectivity index (χ1) is 9.38. The first-order valence-corrected chi connectivity index (χ1v) is 8.85. The maximum Gasteiger partial charge on any atom is 0.256 e. The van der Waals surface area contributed by atoms with E-state index in [4.69, 9.17) is 5.73 Å². The van der Waals surface area contributed by atoms with E-state index in [1.807, 2.05) is 24.3 Å². The fraction of sp³-hybridized carbons (Fsp3) is 0. The van der Waals surface area contributed by atoms with Crippen LogP contribution in [0.2, 0.25) is 0 Å². The van der Waals surface area contributed by atoms with Crippen molar-refractivity contribution in [3.05, 3.63) is 52.9 Å². The fourth-order valence-electron chi connectivity index (χ4n) is 1.58. The lowest BCUT2D eigenvalue weighted by Crippen LogP contribution is -2.14. The molecule has 0 heterocycles. The van der Waals surface area contributed by atoms with Crippen molar-refractivity contribution >= 4 is 87.7 Å². The lowest BCUT2D eigenvalue weighted by Gasteiger charge is -2.12. The number of hydrogen-bond donors (Lipinski definition) is 2. The normalized spacial score (nSPS) is 10.4. The molecule has 0 aliphatic carbocycles. The van der Waals surface area contributed by atoms with Crippen molar-refractivity contribution in [2.75, 3.05) is 11.1 Å². The summed E-state index contributed by atoms with van der Waals surface area (Å²) in [7, 11) is 0.